The van der Waals surface area contributed by atoms with Crippen LogP contribution in [0.25, 0.3) is 0 Å². The van der Waals surface area contributed by atoms with Crippen molar-refractivity contribution in [2.75, 3.05) is 0 Å². The number of aromatic carboxylic acids is 1. The number of carboxylic acid groups (broad SMARTS) is 1. The first-order chi connectivity index (χ1) is 9.06. The van der Waals surface area contributed by atoms with Gasteiger partial charge in [0.05, 0.1) is 5.56 Å². The van der Waals surface area contributed by atoms with Crippen molar-refractivity contribution in [3.8, 4) is 0 Å². The zero-order valence-electron chi connectivity index (χ0n) is 12.1. The summed E-state index contributed by atoms with van der Waals surface area (Å²) in [6.07, 6.45) is 3.53. The standard InChI is InChI=1S/C16H25NO2/c1-4-12(3)10-15(5-2)17-11-13-6-8-14(9-7-13)16(18)19/h6-9,12,15,17H,4-5,10-11H2,1-3H3,(H,18,19). The lowest BCUT2D eigenvalue weighted by Crippen LogP contribution is -2.29. The molecule has 0 bridgehead atoms. The summed E-state index contributed by atoms with van der Waals surface area (Å²) in [5.74, 6) is -0.130. The second-order valence-corrected chi connectivity index (χ2v) is 5.24. The van der Waals surface area contributed by atoms with Gasteiger partial charge in [-0.15, -0.1) is 0 Å². The van der Waals surface area contributed by atoms with Gasteiger partial charge in [0.15, 0.2) is 0 Å². The maximum absolute atomic E-state index is 10.8. The summed E-state index contributed by atoms with van der Waals surface area (Å²) in [4.78, 5) is 10.8. The van der Waals surface area contributed by atoms with Crippen molar-refractivity contribution in [3.63, 3.8) is 0 Å². The van der Waals surface area contributed by atoms with Gasteiger partial charge in [0.2, 0.25) is 0 Å². The van der Waals surface area contributed by atoms with E-state index >= 15 is 0 Å². The van der Waals surface area contributed by atoms with E-state index in [4.69, 9.17) is 5.11 Å². The first kappa shape index (κ1) is 15.7. The molecule has 0 aliphatic carbocycles. The van der Waals surface area contributed by atoms with Crippen molar-refractivity contribution in [2.24, 2.45) is 5.92 Å². The Kier molecular flexibility index (Phi) is 6.57. The van der Waals surface area contributed by atoms with Gasteiger partial charge >= 0.3 is 5.97 Å². The average molecular weight is 263 g/mol. The molecule has 2 atom stereocenters. The highest BCUT2D eigenvalue weighted by Crippen LogP contribution is 2.13. The minimum Gasteiger partial charge on any atom is -0.478 e. The monoisotopic (exact) mass is 263 g/mol. The average Bonchev–Trinajstić information content (AvgIpc) is 2.43. The van der Waals surface area contributed by atoms with Crippen molar-refractivity contribution in [2.45, 2.75) is 52.6 Å². The molecule has 0 spiro atoms. The molecule has 2 N–H and O–H groups in total. The van der Waals surface area contributed by atoms with E-state index < -0.39 is 5.97 Å². The van der Waals surface area contributed by atoms with Gasteiger partial charge in [-0.3, -0.25) is 0 Å². The van der Waals surface area contributed by atoms with Gasteiger partial charge in [-0.1, -0.05) is 39.3 Å². The van der Waals surface area contributed by atoms with Gasteiger partial charge in [-0.05, 0) is 36.5 Å². The second-order valence-electron chi connectivity index (χ2n) is 5.24. The van der Waals surface area contributed by atoms with E-state index in [1.807, 2.05) is 12.1 Å². The van der Waals surface area contributed by atoms with Crippen LogP contribution in [0.4, 0.5) is 0 Å². The highest BCUT2D eigenvalue weighted by atomic mass is 16.4. The van der Waals surface area contributed by atoms with E-state index in [0.717, 1.165) is 24.4 Å². The third kappa shape index (κ3) is 5.43. The third-order valence-corrected chi connectivity index (χ3v) is 3.67. The molecule has 106 valence electrons. The highest BCUT2D eigenvalue weighted by molar-refractivity contribution is 5.87. The van der Waals surface area contributed by atoms with Gasteiger partial charge in [0, 0.05) is 12.6 Å². The normalized spacial score (nSPS) is 14.1. The fraction of sp³-hybridized carbons (Fsp3) is 0.562. The molecule has 0 fully saturated rings. The Labute approximate surface area is 116 Å². The highest BCUT2D eigenvalue weighted by Gasteiger charge is 2.10. The minimum absolute atomic E-state index is 0.343. The lowest BCUT2D eigenvalue weighted by atomic mass is 9.97. The summed E-state index contributed by atoms with van der Waals surface area (Å²) in [7, 11) is 0. The predicted molar refractivity (Wildman–Crippen MR) is 78.4 cm³/mol. The largest absolute Gasteiger partial charge is 0.478 e. The van der Waals surface area contributed by atoms with Crippen LogP contribution in [-0.2, 0) is 6.54 Å². The van der Waals surface area contributed by atoms with Gasteiger partial charge < -0.3 is 10.4 Å². The maximum Gasteiger partial charge on any atom is 0.335 e. The lowest BCUT2D eigenvalue weighted by Gasteiger charge is -2.20. The Morgan fingerprint density at radius 2 is 1.84 bits per heavy atom. The molecule has 1 aromatic rings. The fourth-order valence-electron chi connectivity index (χ4n) is 2.07. The molecule has 0 radical (unpaired) electrons. The zero-order valence-corrected chi connectivity index (χ0v) is 12.1. The number of nitrogens with one attached hydrogen (secondary N) is 1. The number of rotatable bonds is 8. The lowest BCUT2D eigenvalue weighted by molar-refractivity contribution is 0.0697. The van der Waals surface area contributed by atoms with Crippen LogP contribution in [0.5, 0.6) is 0 Å². The molecular weight excluding hydrogens is 238 g/mol. The molecule has 0 aromatic heterocycles. The van der Waals surface area contributed by atoms with Crippen LogP contribution in [0.3, 0.4) is 0 Å². The third-order valence-electron chi connectivity index (χ3n) is 3.67. The molecule has 0 amide bonds. The summed E-state index contributed by atoms with van der Waals surface area (Å²) >= 11 is 0. The van der Waals surface area contributed by atoms with Crippen molar-refractivity contribution < 1.29 is 9.90 Å². The van der Waals surface area contributed by atoms with E-state index in [9.17, 15) is 4.79 Å². The minimum atomic E-state index is -0.872. The molecule has 2 unspecified atom stereocenters. The smallest absolute Gasteiger partial charge is 0.335 e. The van der Waals surface area contributed by atoms with Crippen LogP contribution in [0.1, 0.15) is 56.0 Å². The summed E-state index contributed by atoms with van der Waals surface area (Å²) in [6, 6.07) is 7.62. The van der Waals surface area contributed by atoms with E-state index in [2.05, 4.69) is 26.1 Å². The quantitative estimate of drug-likeness (QED) is 0.752. The van der Waals surface area contributed by atoms with Gasteiger partial charge in [0.1, 0.15) is 0 Å². The molecule has 1 aromatic carbocycles. The predicted octanol–water partition coefficient (Wildman–Crippen LogP) is 3.69. The Balaban J connectivity index is 2.48. The maximum atomic E-state index is 10.8. The Bertz CT molecular complexity index is 386. The van der Waals surface area contributed by atoms with Crippen molar-refractivity contribution in [1.29, 1.82) is 0 Å². The topological polar surface area (TPSA) is 49.3 Å². The van der Waals surface area contributed by atoms with Crippen LogP contribution in [0.2, 0.25) is 0 Å². The number of carboxylic acids is 1. The SMILES string of the molecule is CCC(C)CC(CC)NCc1ccc(C(=O)O)cc1. The Morgan fingerprint density at radius 3 is 2.32 bits per heavy atom. The first-order valence-corrected chi connectivity index (χ1v) is 7.12. The van der Waals surface area contributed by atoms with E-state index in [1.165, 1.54) is 12.8 Å². The molecule has 3 heteroatoms. The molecular formula is C16H25NO2. The number of benzene rings is 1. The van der Waals surface area contributed by atoms with E-state index in [-0.39, 0.29) is 0 Å². The fourth-order valence-corrected chi connectivity index (χ4v) is 2.07. The number of hydrogen-bond acceptors (Lipinski definition) is 2. The number of carbonyl (C=O) groups is 1. The van der Waals surface area contributed by atoms with Crippen LogP contribution in [0.15, 0.2) is 24.3 Å². The summed E-state index contributed by atoms with van der Waals surface area (Å²) < 4.78 is 0. The molecule has 0 heterocycles. The van der Waals surface area contributed by atoms with Crippen LogP contribution < -0.4 is 5.32 Å². The Hall–Kier alpha value is -1.35. The van der Waals surface area contributed by atoms with Crippen LogP contribution >= 0.6 is 0 Å². The summed E-state index contributed by atoms with van der Waals surface area (Å²) in [6.45, 7) is 7.51. The van der Waals surface area contributed by atoms with Crippen LogP contribution in [0, 0.1) is 5.92 Å². The second kappa shape index (κ2) is 7.95. The summed E-state index contributed by atoms with van der Waals surface area (Å²) in [5, 5.41) is 12.4. The van der Waals surface area contributed by atoms with Gasteiger partial charge in [0.25, 0.3) is 0 Å². The molecule has 0 aliphatic rings. The van der Waals surface area contributed by atoms with Crippen molar-refractivity contribution in [1.82, 2.24) is 5.32 Å². The zero-order chi connectivity index (χ0) is 14.3. The first-order valence-electron chi connectivity index (χ1n) is 7.12. The number of hydrogen-bond donors (Lipinski definition) is 2. The van der Waals surface area contributed by atoms with Crippen LogP contribution in [-0.4, -0.2) is 17.1 Å². The van der Waals surface area contributed by atoms with Gasteiger partial charge in [-0.2, -0.15) is 0 Å². The molecule has 19 heavy (non-hydrogen) atoms. The van der Waals surface area contributed by atoms with Crippen molar-refractivity contribution >= 4 is 5.97 Å². The Morgan fingerprint density at radius 1 is 1.21 bits per heavy atom. The van der Waals surface area contributed by atoms with Crippen molar-refractivity contribution in [3.05, 3.63) is 35.4 Å². The van der Waals surface area contributed by atoms with Gasteiger partial charge in [-0.25, -0.2) is 4.79 Å². The molecule has 1 rings (SSSR count). The van der Waals surface area contributed by atoms with E-state index in [0.29, 0.717) is 11.6 Å². The molecule has 0 saturated carbocycles. The molecule has 3 nitrogen and oxygen atoms in total. The summed E-state index contributed by atoms with van der Waals surface area (Å²) in [5.41, 5.74) is 1.47. The molecule has 0 aliphatic heterocycles. The molecule has 0 saturated heterocycles. The van der Waals surface area contributed by atoms with E-state index in [1.54, 1.807) is 12.1 Å².